The average molecular weight is 510 g/mol. The van der Waals surface area contributed by atoms with Gasteiger partial charge in [-0.05, 0) is 73.0 Å². The van der Waals surface area contributed by atoms with Crippen molar-refractivity contribution in [1.29, 1.82) is 5.26 Å². The summed E-state index contributed by atoms with van der Waals surface area (Å²) in [6.45, 7) is 3.03. The highest BCUT2D eigenvalue weighted by molar-refractivity contribution is 5.94. The molecule has 37 heavy (non-hydrogen) atoms. The first-order chi connectivity index (χ1) is 17.8. The molecule has 1 saturated heterocycles. The molecule has 4 rings (SSSR count). The Kier molecular flexibility index (Phi) is 7.99. The van der Waals surface area contributed by atoms with Crippen LogP contribution in [0.15, 0.2) is 72.8 Å². The summed E-state index contributed by atoms with van der Waals surface area (Å²) >= 11 is 0. The first kappa shape index (κ1) is 26.0. The molecule has 2 N–H and O–H groups in total. The maximum absolute atomic E-state index is 12.7. The number of ether oxygens (including phenoxy) is 2. The zero-order chi connectivity index (χ0) is 26.4. The molecule has 1 heterocycles. The van der Waals surface area contributed by atoms with Gasteiger partial charge in [0.25, 0.3) is 5.91 Å². The molecule has 0 spiro atoms. The van der Waals surface area contributed by atoms with E-state index in [1.807, 2.05) is 43.3 Å². The molecule has 0 aromatic heterocycles. The molecule has 3 atom stereocenters. The number of hydrogen-bond donors (Lipinski definition) is 2. The third kappa shape index (κ3) is 6.80. The Morgan fingerprint density at radius 1 is 1.03 bits per heavy atom. The molecule has 3 unspecified atom stereocenters. The smallest absolute Gasteiger partial charge is 0.494 e. The summed E-state index contributed by atoms with van der Waals surface area (Å²) in [5.74, 6) is -0.0145. The molecule has 3 aromatic carbocycles. The highest BCUT2D eigenvalue weighted by atomic mass is 19.4. The van der Waals surface area contributed by atoms with Crippen molar-refractivity contribution in [2.75, 3.05) is 13.2 Å². The number of nitrogens with one attached hydrogen (secondary N) is 2. The number of nitriles is 1. The SMILES string of the molecule is CCOc1ccc(C(c2ccc(C#N)cc2)C2CC(NC(=O)c3ccc(OC(F)(F)F)cc3)CN2)cc1. The number of halogens is 3. The van der Waals surface area contributed by atoms with E-state index in [0.717, 1.165) is 29.0 Å². The molecule has 0 radical (unpaired) electrons. The normalized spacial score (nSPS) is 18.0. The summed E-state index contributed by atoms with van der Waals surface area (Å²) in [5.41, 5.74) is 2.92. The predicted molar refractivity (Wildman–Crippen MR) is 131 cm³/mol. The number of nitrogens with zero attached hydrogens (tertiary/aromatic N) is 1. The maximum Gasteiger partial charge on any atom is 0.573 e. The molecular formula is C28H26F3N3O3. The Hall–Kier alpha value is -4.03. The minimum Gasteiger partial charge on any atom is -0.494 e. The molecule has 1 fully saturated rings. The van der Waals surface area contributed by atoms with Gasteiger partial charge in [-0.25, -0.2) is 0 Å². The van der Waals surface area contributed by atoms with Crippen LogP contribution in [-0.4, -0.2) is 37.5 Å². The second kappa shape index (κ2) is 11.4. The van der Waals surface area contributed by atoms with Crippen LogP contribution in [0.5, 0.6) is 11.5 Å². The maximum atomic E-state index is 12.7. The van der Waals surface area contributed by atoms with Gasteiger partial charge in [0.15, 0.2) is 0 Å². The van der Waals surface area contributed by atoms with Crippen LogP contribution in [0.4, 0.5) is 13.2 Å². The first-order valence-electron chi connectivity index (χ1n) is 11.9. The lowest BCUT2D eigenvalue weighted by molar-refractivity contribution is -0.274. The summed E-state index contributed by atoms with van der Waals surface area (Å²) in [4.78, 5) is 12.7. The molecule has 1 aliphatic heterocycles. The molecule has 0 aliphatic carbocycles. The number of carbonyl (C=O) groups excluding carboxylic acids is 1. The zero-order valence-corrected chi connectivity index (χ0v) is 20.1. The second-order valence-corrected chi connectivity index (χ2v) is 8.71. The van der Waals surface area contributed by atoms with Crippen LogP contribution >= 0.6 is 0 Å². The Morgan fingerprint density at radius 3 is 2.19 bits per heavy atom. The van der Waals surface area contributed by atoms with Crippen LogP contribution in [0.1, 0.15) is 46.3 Å². The van der Waals surface area contributed by atoms with E-state index < -0.39 is 6.36 Å². The molecule has 192 valence electrons. The van der Waals surface area contributed by atoms with Crippen molar-refractivity contribution in [2.24, 2.45) is 0 Å². The van der Waals surface area contributed by atoms with Crippen molar-refractivity contribution in [2.45, 2.75) is 37.7 Å². The van der Waals surface area contributed by atoms with Crippen molar-refractivity contribution >= 4 is 5.91 Å². The fourth-order valence-electron chi connectivity index (χ4n) is 4.57. The predicted octanol–water partition coefficient (Wildman–Crippen LogP) is 5.15. The van der Waals surface area contributed by atoms with Crippen LogP contribution in [0.3, 0.4) is 0 Å². The van der Waals surface area contributed by atoms with Crippen LogP contribution in [-0.2, 0) is 0 Å². The highest BCUT2D eigenvalue weighted by Gasteiger charge is 2.34. The second-order valence-electron chi connectivity index (χ2n) is 8.71. The average Bonchev–Trinajstić information content (AvgIpc) is 3.33. The van der Waals surface area contributed by atoms with E-state index in [0.29, 0.717) is 25.1 Å². The minimum atomic E-state index is -4.79. The van der Waals surface area contributed by atoms with Crippen LogP contribution in [0, 0.1) is 11.3 Å². The lowest BCUT2D eigenvalue weighted by Crippen LogP contribution is -2.36. The van der Waals surface area contributed by atoms with E-state index in [4.69, 9.17) is 4.74 Å². The Balaban J connectivity index is 1.47. The van der Waals surface area contributed by atoms with E-state index in [2.05, 4.69) is 21.4 Å². The number of hydrogen-bond acceptors (Lipinski definition) is 5. The summed E-state index contributed by atoms with van der Waals surface area (Å²) in [6.07, 6.45) is -4.15. The molecule has 9 heteroatoms. The zero-order valence-electron chi connectivity index (χ0n) is 20.1. The summed E-state index contributed by atoms with van der Waals surface area (Å²) in [7, 11) is 0. The number of benzene rings is 3. The van der Waals surface area contributed by atoms with Gasteiger partial charge >= 0.3 is 6.36 Å². The first-order valence-corrected chi connectivity index (χ1v) is 11.9. The van der Waals surface area contributed by atoms with Gasteiger partial charge in [-0.1, -0.05) is 24.3 Å². The molecule has 0 bridgehead atoms. The number of rotatable bonds is 8. The molecule has 6 nitrogen and oxygen atoms in total. The number of amides is 1. The summed E-state index contributed by atoms with van der Waals surface area (Å²) in [6, 6.07) is 22.2. The molecule has 3 aromatic rings. The Morgan fingerprint density at radius 2 is 1.62 bits per heavy atom. The standard InChI is InChI=1S/C28H26F3N3O3/c1-2-36-23-11-7-20(8-12-23)26(19-5-3-18(16-32)4-6-19)25-15-22(17-33-25)34-27(35)21-9-13-24(14-10-21)37-28(29,30)31/h3-14,22,25-26,33H,2,15,17H2,1H3,(H,34,35). The fourth-order valence-corrected chi connectivity index (χ4v) is 4.57. The van der Waals surface area contributed by atoms with Crippen molar-refractivity contribution in [3.63, 3.8) is 0 Å². The van der Waals surface area contributed by atoms with Gasteiger partial charge in [-0.2, -0.15) is 5.26 Å². The van der Waals surface area contributed by atoms with Crippen molar-refractivity contribution in [3.8, 4) is 17.6 Å². The minimum absolute atomic E-state index is 0.00117. The molecule has 1 amide bonds. The number of alkyl halides is 3. The van der Waals surface area contributed by atoms with Gasteiger partial charge < -0.3 is 20.1 Å². The lowest BCUT2D eigenvalue weighted by Gasteiger charge is -2.25. The third-order valence-corrected chi connectivity index (χ3v) is 6.20. The highest BCUT2D eigenvalue weighted by Crippen LogP contribution is 2.33. The van der Waals surface area contributed by atoms with Crippen molar-refractivity contribution < 1.29 is 27.4 Å². The topological polar surface area (TPSA) is 83.4 Å². The molecular weight excluding hydrogens is 483 g/mol. The van der Waals surface area contributed by atoms with Gasteiger partial charge in [0.2, 0.25) is 0 Å². The molecule has 1 aliphatic rings. The largest absolute Gasteiger partial charge is 0.573 e. The van der Waals surface area contributed by atoms with Gasteiger partial charge in [0.1, 0.15) is 11.5 Å². The Labute approximate surface area is 213 Å². The lowest BCUT2D eigenvalue weighted by atomic mass is 9.83. The van der Waals surface area contributed by atoms with E-state index in [-0.39, 0.29) is 35.2 Å². The van der Waals surface area contributed by atoms with E-state index in [1.165, 1.54) is 12.1 Å². The van der Waals surface area contributed by atoms with Gasteiger partial charge in [0, 0.05) is 30.1 Å². The fraction of sp³-hybridized carbons (Fsp3) is 0.286. The van der Waals surface area contributed by atoms with Crippen LogP contribution in [0.2, 0.25) is 0 Å². The Bertz CT molecular complexity index is 1240. The van der Waals surface area contributed by atoms with E-state index in [9.17, 15) is 23.2 Å². The van der Waals surface area contributed by atoms with Crippen LogP contribution in [0.25, 0.3) is 0 Å². The van der Waals surface area contributed by atoms with Gasteiger partial charge in [-0.3, -0.25) is 4.79 Å². The van der Waals surface area contributed by atoms with Gasteiger partial charge in [-0.15, -0.1) is 13.2 Å². The van der Waals surface area contributed by atoms with Crippen molar-refractivity contribution in [3.05, 3.63) is 95.1 Å². The monoisotopic (exact) mass is 509 g/mol. The summed E-state index contributed by atoms with van der Waals surface area (Å²) in [5, 5.41) is 15.7. The van der Waals surface area contributed by atoms with Gasteiger partial charge in [0.05, 0.1) is 18.2 Å². The quantitative estimate of drug-likeness (QED) is 0.439. The third-order valence-electron chi connectivity index (χ3n) is 6.20. The molecule has 0 saturated carbocycles. The van der Waals surface area contributed by atoms with Crippen LogP contribution < -0.4 is 20.1 Å². The van der Waals surface area contributed by atoms with E-state index in [1.54, 1.807) is 12.1 Å². The van der Waals surface area contributed by atoms with Crippen molar-refractivity contribution in [1.82, 2.24) is 10.6 Å². The number of carbonyl (C=O) groups is 1. The van der Waals surface area contributed by atoms with E-state index >= 15 is 0 Å². The summed E-state index contributed by atoms with van der Waals surface area (Å²) < 4.78 is 46.6.